The Hall–Kier alpha value is -1.65. The highest BCUT2D eigenvalue weighted by molar-refractivity contribution is 6.19. The van der Waals surface area contributed by atoms with Crippen molar-refractivity contribution in [1.82, 2.24) is 0 Å². The van der Waals surface area contributed by atoms with Crippen molar-refractivity contribution in [3.8, 4) is 17.6 Å². The van der Waals surface area contributed by atoms with Crippen LogP contribution in [0.1, 0.15) is 18.4 Å². The van der Waals surface area contributed by atoms with E-state index < -0.39 is 0 Å². The second kappa shape index (κ2) is 5.55. The molecule has 19 heavy (non-hydrogen) atoms. The number of hydrogen-bond acceptors (Lipinski definition) is 1. The highest BCUT2D eigenvalue weighted by Gasteiger charge is 2.22. The van der Waals surface area contributed by atoms with E-state index in [0.29, 0.717) is 5.88 Å². The molecular formula is C17H15ClO. The molecule has 1 saturated carbocycles. The van der Waals surface area contributed by atoms with Crippen molar-refractivity contribution in [1.29, 1.82) is 0 Å². The maximum absolute atomic E-state index is 5.92. The number of rotatable bonds is 3. The van der Waals surface area contributed by atoms with Crippen LogP contribution in [0.5, 0.6) is 5.75 Å². The molecule has 0 saturated heterocycles. The molecule has 0 bridgehead atoms. The molecule has 96 valence electrons. The van der Waals surface area contributed by atoms with Gasteiger partial charge in [-0.15, -0.1) is 11.6 Å². The lowest BCUT2D eigenvalue weighted by Crippen LogP contribution is -2.01. The summed E-state index contributed by atoms with van der Waals surface area (Å²) in [7, 11) is 0. The molecule has 2 aromatic rings. The van der Waals surface area contributed by atoms with Gasteiger partial charge in [-0.3, -0.25) is 0 Å². The molecule has 0 radical (unpaired) electrons. The molecule has 1 aliphatic rings. The standard InChI is InChI=1S/C17H15ClO/c18-11-3-6-16-15-5-2-1-4-14(15)9-10-17(16)19-12-13-7-8-13/h1-2,4-5,9-10,13H,7-8,11-12H2. The maximum Gasteiger partial charge on any atom is 0.135 e. The topological polar surface area (TPSA) is 9.23 Å². The Bertz CT molecular complexity index is 647. The maximum atomic E-state index is 5.92. The number of fused-ring (bicyclic) bond motifs is 1. The Morgan fingerprint density at radius 2 is 2.00 bits per heavy atom. The highest BCUT2D eigenvalue weighted by atomic mass is 35.5. The Morgan fingerprint density at radius 3 is 2.79 bits per heavy atom. The van der Waals surface area contributed by atoms with Crippen LogP contribution in [0.4, 0.5) is 0 Å². The van der Waals surface area contributed by atoms with Crippen molar-refractivity contribution >= 4 is 22.4 Å². The van der Waals surface area contributed by atoms with Gasteiger partial charge in [0.15, 0.2) is 0 Å². The van der Waals surface area contributed by atoms with Crippen molar-refractivity contribution < 1.29 is 4.74 Å². The first-order valence-corrected chi connectivity index (χ1v) is 7.11. The summed E-state index contributed by atoms with van der Waals surface area (Å²) in [6.45, 7) is 0.799. The predicted molar refractivity (Wildman–Crippen MR) is 79.8 cm³/mol. The Morgan fingerprint density at radius 1 is 1.16 bits per heavy atom. The van der Waals surface area contributed by atoms with Gasteiger partial charge in [0.25, 0.3) is 0 Å². The molecule has 0 aromatic heterocycles. The van der Waals surface area contributed by atoms with Crippen LogP contribution in [0.15, 0.2) is 36.4 Å². The zero-order valence-electron chi connectivity index (χ0n) is 10.7. The van der Waals surface area contributed by atoms with E-state index in [1.807, 2.05) is 18.2 Å². The normalized spacial score (nSPS) is 13.9. The van der Waals surface area contributed by atoms with Crippen LogP contribution < -0.4 is 4.74 Å². The molecule has 0 amide bonds. The first-order valence-electron chi connectivity index (χ1n) is 6.58. The summed E-state index contributed by atoms with van der Waals surface area (Å²) in [5, 5.41) is 2.31. The van der Waals surface area contributed by atoms with Crippen molar-refractivity contribution in [3.05, 3.63) is 42.0 Å². The summed E-state index contributed by atoms with van der Waals surface area (Å²) >= 11 is 5.68. The average molecular weight is 271 g/mol. The first-order chi connectivity index (χ1) is 9.38. The first kappa shape index (κ1) is 12.4. The highest BCUT2D eigenvalue weighted by Crippen LogP contribution is 2.32. The van der Waals surface area contributed by atoms with Crippen molar-refractivity contribution in [2.45, 2.75) is 12.8 Å². The molecule has 1 nitrogen and oxygen atoms in total. The quantitative estimate of drug-likeness (QED) is 0.599. The van der Waals surface area contributed by atoms with E-state index in [1.54, 1.807) is 0 Å². The molecule has 0 heterocycles. The molecule has 2 heteroatoms. The molecule has 1 aliphatic carbocycles. The third-order valence-corrected chi connectivity index (χ3v) is 3.48. The monoisotopic (exact) mass is 270 g/mol. The van der Waals surface area contributed by atoms with Crippen LogP contribution in [-0.2, 0) is 0 Å². The summed E-state index contributed by atoms with van der Waals surface area (Å²) in [5.41, 5.74) is 0.958. The minimum Gasteiger partial charge on any atom is -0.492 e. The van der Waals surface area contributed by atoms with Gasteiger partial charge in [0.1, 0.15) is 5.75 Å². The Kier molecular flexibility index (Phi) is 3.62. The average Bonchev–Trinajstić information content (AvgIpc) is 3.27. The molecule has 0 aliphatic heterocycles. The Labute approximate surface area is 118 Å². The van der Waals surface area contributed by atoms with Crippen LogP contribution in [0.25, 0.3) is 10.8 Å². The van der Waals surface area contributed by atoms with Crippen molar-refractivity contribution in [3.63, 3.8) is 0 Å². The molecule has 0 atom stereocenters. The molecule has 0 N–H and O–H groups in total. The van der Waals surface area contributed by atoms with Gasteiger partial charge in [0.05, 0.1) is 18.1 Å². The van der Waals surface area contributed by atoms with Crippen LogP contribution in [0.2, 0.25) is 0 Å². The molecular weight excluding hydrogens is 256 g/mol. The van der Waals surface area contributed by atoms with E-state index in [0.717, 1.165) is 29.2 Å². The zero-order chi connectivity index (χ0) is 13.1. The van der Waals surface area contributed by atoms with E-state index in [-0.39, 0.29) is 0 Å². The van der Waals surface area contributed by atoms with E-state index in [9.17, 15) is 0 Å². The third-order valence-electron chi connectivity index (χ3n) is 3.34. The summed E-state index contributed by atoms with van der Waals surface area (Å²) in [6, 6.07) is 12.3. The fourth-order valence-electron chi connectivity index (χ4n) is 2.11. The Balaban J connectivity index is 2.02. The number of halogens is 1. The summed E-state index contributed by atoms with van der Waals surface area (Å²) in [4.78, 5) is 0. The third kappa shape index (κ3) is 2.85. The number of hydrogen-bond donors (Lipinski definition) is 0. The lowest BCUT2D eigenvalue weighted by atomic mass is 10.0. The fourth-order valence-corrected chi connectivity index (χ4v) is 2.18. The second-order valence-corrected chi connectivity index (χ2v) is 5.12. The lowest BCUT2D eigenvalue weighted by molar-refractivity contribution is 0.299. The van der Waals surface area contributed by atoms with Gasteiger partial charge in [-0.05, 0) is 30.2 Å². The van der Waals surface area contributed by atoms with Gasteiger partial charge in [0.2, 0.25) is 0 Å². The number of alkyl halides is 1. The zero-order valence-corrected chi connectivity index (χ0v) is 11.4. The van der Waals surface area contributed by atoms with Crippen molar-refractivity contribution in [2.75, 3.05) is 12.5 Å². The number of benzene rings is 2. The summed E-state index contributed by atoms with van der Waals surface area (Å²) in [5.74, 6) is 8.03. The lowest BCUT2D eigenvalue weighted by Gasteiger charge is -2.10. The van der Waals surface area contributed by atoms with Gasteiger partial charge < -0.3 is 4.74 Å². The van der Waals surface area contributed by atoms with E-state index in [1.165, 1.54) is 18.2 Å². The molecule has 2 aromatic carbocycles. The van der Waals surface area contributed by atoms with Crippen LogP contribution in [0.3, 0.4) is 0 Å². The van der Waals surface area contributed by atoms with E-state index in [4.69, 9.17) is 16.3 Å². The fraction of sp³-hybridized carbons (Fsp3) is 0.294. The van der Waals surface area contributed by atoms with Gasteiger partial charge in [-0.25, -0.2) is 0 Å². The largest absolute Gasteiger partial charge is 0.492 e. The van der Waals surface area contributed by atoms with Gasteiger partial charge in [0, 0.05) is 5.39 Å². The summed E-state index contributed by atoms with van der Waals surface area (Å²) in [6.07, 6.45) is 2.58. The SMILES string of the molecule is ClCC#Cc1c(OCC2CC2)ccc2ccccc12. The smallest absolute Gasteiger partial charge is 0.135 e. The molecule has 0 spiro atoms. The molecule has 1 fully saturated rings. The minimum absolute atomic E-state index is 0.339. The summed E-state index contributed by atoms with van der Waals surface area (Å²) < 4.78 is 5.92. The molecule has 3 rings (SSSR count). The minimum atomic E-state index is 0.339. The number of ether oxygens (including phenoxy) is 1. The van der Waals surface area contributed by atoms with Gasteiger partial charge in [-0.1, -0.05) is 42.2 Å². The van der Waals surface area contributed by atoms with E-state index in [2.05, 4.69) is 30.0 Å². The van der Waals surface area contributed by atoms with Gasteiger partial charge in [-0.2, -0.15) is 0 Å². The van der Waals surface area contributed by atoms with Crippen molar-refractivity contribution in [2.24, 2.45) is 5.92 Å². The van der Waals surface area contributed by atoms with Crippen LogP contribution >= 0.6 is 11.6 Å². The van der Waals surface area contributed by atoms with Gasteiger partial charge >= 0.3 is 0 Å². The van der Waals surface area contributed by atoms with E-state index >= 15 is 0 Å². The predicted octanol–water partition coefficient (Wildman–Crippen LogP) is 4.22. The van der Waals surface area contributed by atoms with Crippen LogP contribution in [-0.4, -0.2) is 12.5 Å². The molecule has 0 unspecified atom stereocenters. The van der Waals surface area contributed by atoms with Crippen LogP contribution in [0, 0.1) is 17.8 Å². The second-order valence-electron chi connectivity index (χ2n) is 4.85.